The predicted octanol–water partition coefficient (Wildman–Crippen LogP) is 1.36. The molecular formula is C14H28ClN8Na. The number of hydrogen-bond acceptors (Lipinski definition) is 3. The minimum absolute atomic E-state index is 0. The number of nitrogens with zero attached hydrogens (tertiary/aromatic N) is 8. The van der Waals surface area contributed by atoms with Gasteiger partial charge in [0.2, 0.25) is 0 Å². The van der Waals surface area contributed by atoms with Crippen LogP contribution in [0.15, 0.2) is 5.11 Å². The van der Waals surface area contributed by atoms with Crippen LogP contribution in [0.1, 0.15) is 38.5 Å². The van der Waals surface area contributed by atoms with Gasteiger partial charge >= 0.3 is 29.6 Å². The molecule has 0 bridgehead atoms. The molecule has 2 aliphatic heterocycles. The molecule has 0 spiro atoms. The van der Waals surface area contributed by atoms with Crippen molar-refractivity contribution in [1.82, 2.24) is 9.80 Å². The van der Waals surface area contributed by atoms with Crippen LogP contribution in [-0.2, 0) is 0 Å². The van der Waals surface area contributed by atoms with Gasteiger partial charge in [0, 0.05) is 30.4 Å². The molecule has 24 heavy (non-hydrogen) atoms. The van der Waals surface area contributed by atoms with E-state index in [4.69, 9.17) is 28.2 Å². The molecule has 0 saturated carbocycles. The number of likely N-dealkylation sites (tertiary alicyclic amines) is 2. The molecule has 8 nitrogen and oxygen atoms in total. The summed E-state index contributed by atoms with van der Waals surface area (Å²) in [4.78, 5) is 9.02. The molecular weight excluding hydrogens is 339 g/mol. The van der Waals surface area contributed by atoms with Crippen molar-refractivity contribution in [3.63, 3.8) is 0 Å². The smallest absolute Gasteiger partial charge is 0.373 e. The number of rotatable bonds is 5. The Balaban J connectivity index is 0. The summed E-state index contributed by atoms with van der Waals surface area (Å²) in [5, 5.41) is 3.50. The molecule has 0 unspecified atom stereocenters. The van der Waals surface area contributed by atoms with E-state index in [1.165, 1.54) is 69.6 Å². The quantitative estimate of drug-likeness (QED) is 0.240. The number of azide groups is 1. The summed E-state index contributed by atoms with van der Waals surface area (Å²) in [5.41, 5.74) is 21.5. The third-order valence-electron chi connectivity index (χ3n) is 3.88. The first kappa shape index (κ1) is 26.1. The Morgan fingerprint density at radius 2 is 1.21 bits per heavy atom. The summed E-state index contributed by atoms with van der Waals surface area (Å²) in [6.07, 6.45) is 8.12. The second-order valence-corrected chi connectivity index (χ2v) is 5.92. The van der Waals surface area contributed by atoms with E-state index in [2.05, 4.69) is 19.8 Å². The van der Waals surface area contributed by atoms with E-state index >= 15 is 0 Å². The molecule has 2 heterocycles. The topological polar surface area (TPSA) is 114 Å². The second kappa shape index (κ2) is 20.9. The van der Waals surface area contributed by atoms with Crippen LogP contribution in [0.5, 0.6) is 0 Å². The van der Waals surface area contributed by atoms with Crippen LogP contribution in [0.4, 0.5) is 0 Å². The van der Waals surface area contributed by atoms with Crippen LogP contribution in [0.25, 0.3) is 26.4 Å². The molecule has 0 N–H and O–H groups in total. The van der Waals surface area contributed by atoms with Crippen molar-refractivity contribution < 1.29 is 29.6 Å². The average Bonchev–Trinajstić information content (AvgIpc) is 2.59. The fourth-order valence-electron chi connectivity index (χ4n) is 2.72. The van der Waals surface area contributed by atoms with Crippen molar-refractivity contribution in [2.24, 2.45) is 5.11 Å². The van der Waals surface area contributed by atoms with E-state index in [9.17, 15) is 0 Å². The molecule has 10 heteroatoms. The zero-order chi connectivity index (χ0) is 17.2. The summed E-state index contributed by atoms with van der Waals surface area (Å²) in [7, 11) is 0. The van der Waals surface area contributed by atoms with Crippen LogP contribution in [0.3, 0.4) is 0 Å². The van der Waals surface area contributed by atoms with Gasteiger partial charge in [-0.25, -0.2) is 0 Å². The van der Waals surface area contributed by atoms with Crippen molar-refractivity contribution in [3.8, 4) is 0 Å². The van der Waals surface area contributed by atoms with Gasteiger partial charge in [0.1, 0.15) is 0 Å². The van der Waals surface area contributed by atoms with Gasteiger partial charge in [-0.05, 0) is 57.4 Å². The Morgan fingerprint density at radius 3 is 1.58 bits per heavy atom. The van der Waals surface area contributed by atoms with Gasteiger partial charge in [-0.3, -0.25) is 4.91 Å². The number of piperidine rings is 2. The first-order valence-electron chi connectivity index (χ1n) is 8.28. The summed E-state index contributed by atoms with van der Waals surface area (Å²) in [6, 6.07) is 0. The Morgan fingerprint density at radius 1 is 0.792 bits per heavy atom. The molecule has 2 aliphatic rings. The SMILES string of the molecule is ClCCN1CCCCC1.[N-]=[N+]=NCCN1CCCCC1.[N-]=[N+]=[N-].[Na+]. The van der Waals surface area contributed by atoms with Crippen molar-refractivity contribution in [2.45, 2.75) is 38.5 Å². The van der Waals surface area contributed by atoms with E-state index < -0.39 is 0 Å². The molecule has 0 aromatic carbocycles. The normalized spacial score (nSPS) is 17.5. The standard InChI is InChI=1S/C7H14ClN.C7H14N4.N3.Na/c8-4-7-9-5-2-1-3-6-9;8-10-9-4-7-11-5-2-1-3-6-11;1-3-2;/h1-7H2;1-7H2;;/q;;-1;+1. The maximum absolute atomic E-state index is 8.04. The Bertz CT molecular complexity index is 344. The Labute approximate surface area is 172 Å². The van der Waals surface area contributed by atoms with E-state index in [1.54, 1.807) is 0 Å². The zero-order valence-electron chi connectivity index (χ0n) is 14.9. The van der Waals surface area contributed by atoms with Crippen LogP contribution < -0.4 is 29.6 Å². The minimum atomic E-state index is 0. The van der Waals surface area contributed by atoms with Gasteiger partial charge in [-0.1, -0.05) is 18.0 Å². The summed E-state index contributed by atoms with van der Waals surface area (Å²) >= 11 is 5.59. The third-order valence-corrected chi connectivity index (χ3v) is 4.05. The van der Waals surface area contributed by atoms with Crippen molar-refractivity contribution in [3.05, 3.63) is 26.4 Å². The first-order valence-corrected chi connectivity index (χ1v) is 8.82. The molecule has 2 fully saturated rings. The zero-order valence-corrected chi connectivity index (χ0v) is 17.6. The molecule has 132 valence electrons. The van der Waals surface area contributed by atoms with Crippen LogP contribution in [0, 0.1) is 0 Å². The van der Waals surface area contributed by atoms with E-state index in [0.29, 0.717) is 6.54 Å². The van der Waals surface area contributed by atoms with Crippen molar-refractivity contribution in [2.75, 3.05) is 51.7 Å². The van der Waals surface area contributed by atoms with E-state index in [-0.39, 0.29) is 29.6 Å². The number of alkyl halides is 1. The van der Waals surface area contributed by atoms with Gasteiger partial charge in [-0.2, -0.15) is 0 Å². The fourth-order valence-corrected chi connectivity index (χ4v) is 2.96. The maximum atomic E-state index is 8.04. The monoisotopic (exact) mass is 366 g/mol. The minimum Gasteiger partial charge on any atom is -0.373 e. The van der Waals surface area contributed by atoms with Crippen molar-refractivity contribution in [1.29, 1.82) is 0 Å². The van der Waals surface area contributed by atoms with Crippen molar-refractivity contribution >= 4 is 11.6 Å². The Hall–Kier alpha value is -0.170. The Kier molecular flexibility index (Phi) is 22.7. The van der Waals surface area contributed by atoms with E-state index in [0.717, 1.165) is 19.0 Å². The molecule has 0 aliphatic carbocycles. The van der Waals surface area contributed by atoms with Crippen LogP contribution >= 0.6 is 11.6 Å². The maximum Gasteiger partial charge on any atom is 1.00 e. The molecule has 0 radical (unpaired) electrons. The number of hydrogen-bond donors (Lipinski definition) is 0. The van der Waals surface area contributed by atoms with E-state index in [1.807, 2.05) is 0 Å². The fraction of sp³-hybridized carbons (Fsp3) is 1.00. The second-order valence-electron chi connectivity index (χ2n) is 5.54. The largest absolute Gasteiger partial charge is 1.00 e. The molecule has 0 aromatic heterocycles. The molecule has 0 amide bonds. The van der Waals surface area contributed by atoms with Gasteiger partial charge in [0.05, 0.1) is 0 Å². The van der Waals surface area contributed by atoms with Gasteiger partial charge in [0.15, 0.2) is 0 Å². The molecule has 0 atom stereocenters. The third kappa shape index (κ3) is 16.7. The van der Waals surface area contributed by atoms with Gasteiger partial charge in [-0.15, -0.1) is 11.6 Å². The molecule has 2 rings (SSSR count). The van der Waals surface area contributed by atoms with Crippen LogP contribution in [0.2, 0.25) is 0 Å². The molecule has 0 aromatic rings. The summed E-state index contributed by atoms with van der Waals surface area (Å²) in [5.74, 6) is 0.792. The summed E-state index contributed by atoms with van der Waals surface area (Å²) in [6.45, 7) is 7.55. The van der Waals surface area contributed by atoms with Crippen LogP contribution in [-0.4, -0.2) is 61.5 Å². The van der Waals surface area contributed by atoms with Gasteiger partial charge in [0.25, 0.3) is 0 Å². The average molecular weight is 367 g/mol. The first-order chi connectivity index (χ1) is 11.3. The summed E-state index contributed by atoms with van der Waals surface area (Å²) < 4.78 is 0. The molecule has 2 saturated heterocycles. The number of halogens is 1. The van der Waals surface area contributed by atoms with Gasteiger partial charge < -0.3 is 20.9 Å². The predicted molar refractivity (Wildman–Crippen MR) is 95.4 cm³/mol.